The van der Waals surface area contributed by atoms with Crippen LogP contribution in [0.1, 0.15) is 68.7 Å². The molecule has 1 aliphatic rings. The van der Waals surface area contributed by atoms with Gasteiger partial charge in [-0.15, -0.1) is 0 Å². The lowest BCUT2D eigenvalue weighted by molar-refractivity contribution is -0.127. The number of methoxy groups -OCH3 is 1. The lowest BCUT2D eigenvalue weighted by atomic mass is 10.1. The maximum Gasteiger partial charge on any atom is 0.295 e. The van der Waals surface area contributed by atoms with Crippen molar-refractivity contribution in [3.05, 3.63) is 64.2 Å². The number of pyridine rings is 1. The van der Waals surface area contributed by atoms with Gasteiger partial charge in [0.1, 0.15) is 11.3 Å². The molecule has 0 radical (unpaired) electrons. The molecule has 3 heterocycles. The zero-order valence-electron chi connectivity index (χ0n) is 23.0. The number of benzene rings is 1. The van der Waals surface area contributed by atoms with Crippen molar-refractivity contribution in [2.75, 3.05) is 33.3 Å². The van der Waals surface area contributed by atoms with Crippen LogP contribution in [0.25, 0.3) is 10.9 Å². The van der Waals surface area contributed by atoms with E-state index in [0.29, 0.717) is 24.4 Å². The minimum absolute atomic E-state index is 0.0840. The smallest absolute Gasteiger partial charge is 0.295 e. The number of rotatable bonds is 4. The number of nitrogens with zero attached hydrogens (tertiary/aromatic N) is 2. The summed E-state index contributed by atoms with van der Waals surface area (Å²) in [6.07, 6.45) is 3.95. The quantitative estimate of drug-likeness (QED) is 0.394. The first kappa shape index (κ1) is 31.2. The molecule has 9 heteroatoms. The number of hydrogen-bond donors (Lipinski definition) is 2. The summed E-state index contributed by atoms with van der Waals surface area (Å²) in [5, 5.41) is 0.275. The summed E-state index contributed by atoms with van der Waals surface area (Å²) in [7, 11) is 1.42. The molecule has 37 heavy (non-hydrogen) atoms. The van der Waals surface area contributed by atoms with E-state index in [1.165, 1.54) is 30.8 Å². The number of amides is 2. The van der Waals surface area contributed by atoms with Crippen LogP contribution >= 0.6 is 0 Å². The molecule has 0 saturated carbocycles. The maximum absolute atomic E-state index is 12.9. The molecule has 9 nitrogen and oxygen atoms in total. The second-order valence-corrected chi connectivity index (χ2v) is 7.63. The predicted molar refractivity (Wildman–Crippen MR) is 147 cm³/mol. The van der Waals surface area contributed by atoms with Crippen molar-refractivity contribution < 1.29 is 19.1 Å². The minimum Gasteiger partial charge on any atom is -0.494 e. The number of nitrogens with one attached hydrogen (secondary N) is 2. The first-order valence-corrected chi connectivity index (χ1v) is 12.9. The van der Waals surface area contributed by atoms with Crippen LogP contribution in [-0.2, 0) is 4.79 Å². The number of H-pyrrole nitrogens is 2. The van der Waals surface area contributed by atoms with Crippen molar-refractivity contribution in [2.24, 2.45) is 0 Å². The number of piperazine rings is 1. The summed E-state index contributed by atoms with van der Waals surface area (Å²) >= 11 is 0. The Kier molecular flexibility index (Phi) is 13.5. The van der Waals surface area contributed by atoms with E-state index in [-0.39, 0.29) is 35.5 Å². The lowest BCUT2D eigenvalue weighted by Crippen LogP contribution is -2.52. The number of aromatic amines is 2. The summed E-state index contributed by atoms with van der Waals surface area (Å²) in [4.78, 5) is 58.6. The highest BCUT2D eigenvalue weighted by molar-refractivity contribution is 6.45. The first-order chi connectivity index (χ1) is 17.9. The van der Waals surface area contributed by atoms with Gasteiger partial charge in [0.05, 0.1) is 18.1 Å². The van der Waals surface area contributed by atoms with Crippen molar-refractivity contribution in [3.8, 4) is 5.75 Å². The highest BCUT2D eigenvalue weighted by Gasteiger charge is 2.31. The Morgan fingerprint density at radius 1 is 0.865 bits per heavy atom. The van der Waals surface area contributed by atoms with E-state index < -0.39 is 17.2 Å². The van der Waals surface area contributed by atoms with E-state index in [2.05, 4.69) is 23.8 Å². The Morgan fingerprint density at radius 3 is 1.95 bits per heavy atom. The number of carbonyl (C=O) groups is 3. The monoisotopic (exact) mass is 512 g/mol. The average Bonchev–Trinajstić information content (AvgIpc) is 3.41. The molecule has 0 bridgehead atoms. The van der Waals surface area contributed by atoms with Crippen LogP contribution in [0.4, 0.5) is 0 Å². The fraction of sp³-hybridized carbons (Fsp3) is 0.429. The molecule has 4 rings (SSSR count). The second kappa shape index (κ2) is 16.0. The molecule has 2 aromatic heterocycles. The predicted octanol–water partition coefficient (Wildman–Crippen LogP) is 4.50. The van der Waals surface area contributed by atoms with E-state index in [0.717, 1.165) is 0 Å². The molecule has 0 atom stereocenters. The average molecular weight is 513 g/mol. The van der Waals surface area contributed by atoms with Gasteiger partial charge in [-0.25, -0.2) is 0 Å². The van der Waals surface area contributed by atoms with E-state index in [1.54, 1.807) is 29.2 Å². The highest BCUT2D eigenvalue weighted by Crippen LogP contribution is 2.26. The van der Waals surface area contributed by atoms with Crippen molar-refractivity contribution in [2.45, 2.75) is 48.0 Å². The van der Waals surface area contributed by atoms with Gasteiger partial charge < -0.3 is 24.5 Å². The van der Waals surface area contributed by atoms with Gasteiger partial charge in [0, 0.05) is 44.1 Å². The van der Waals surface area contributed by atoms with Gasteiger partial charge in [-0.1, -0.05) is 66.2 Å². The zero-order chi connectivity index (χ0) is 28.0. The number of carbonyl (C=O) groups excluding carboxylic acids is 3. The fourth-order valence-electron chi connectivity index (χ4n) is 3.61. The summed E-state index contributed by atoms with van der Waals surface area (Å²) in [6, 6.07) is 8.93. The standard InChI is InChI=1S/C21H20N4O5.C3H8.2C2H6/c1-30-15-12-23-19(27)17-16(15)14(11-22-17)18(26)21(29)25-9-7-24(8-10-25)20(28)13-5-3-2-4-6-13;1-3-2;2*1-2/h2-6,11-12,22H,7-10H2,1H3,(H,23,27);3H2,1-2H3;2*1-2H3. The second-order valence-electron chi connectivity index (χ2n) is 7.63. The SMILES string of the molecule is CC.CC.CCC.COc1c[nH]c(=O)c2[nH]cc(C(=O)C(=O)N3CCN(C(=O)c4ccccc4)CC3)c12. The van der Waals surface area contributed by atoms with Crippen LogP contribution in [0.15, 0.2) is 47.5 Å². The number of ether oxygens (including phenoxy) is 1. The number of Topliss-reactive ketones (excluding diaryl/α,β-unsaturated/α-hetero) is 1. The van der Waals surface area contributed by atoms with Crippen LogP contribution in [-0.4, -0.2) is 70.7 Å². The third-order valence-corrected chi connectivity index (χ3v) is 5.22. The molecule has 2 amide bonds. The first-order valence-electron chi connectivity index (χ1n) is 12.9. The van der Waals surface area contributed by atoms with Crippen molar-refractivity contribution in [1.82, 2.24) is 19.8 Å². The van der Waals surface area contributed by atoms with Gasteiger partial charge in [-0.2, -0.15) is 0 Å². The topological polar surface area (TPSA) is 116 Å². The zero-order valence-corrected chi connectivity index (χ0v) is 23.0. The van der Waals surface area contributed by atoms with Gasteiger partial charge in [-0.05, 0) is 12.1 Å². The molecule has 1 aliphatic heterocycles. The van der Waals surface area contributed by atoms with Crippen LogP contribution in [0.2, 0.25) is 0 Å². The third-order valence-electron chi connectivity index (χ3n) is 5.22. The molecular weight excluding hydrogens is 472 g/mol. The molecule has 1 saturated heterocycles. The van der Waals surface area contributed by atoms with Gasteiger partial charge in [0.25, 0.3) is 23.2 Å². The molecule has 0 unspecified atom stereocenters. The number of fused-ring (bicyclic) bond motifs is 1. The maximum atomic E-state index is 12.9. The minimum atomic E-state index is -0.729. The number of aromatic nitrogens is 2. The van der Waals surface area contributed by atoms with Crippen LogP contribution in [0.3, 0.4) is 0 Å². The Balaban J connectivity index is 0.000000894. The van der Waals surface area contributed by atoms with Gasteiger partial charge >= 0.3 is 0 Å². The van der Waals surface area contributed by atoms with Gasteiger partial charge in [-0.3, -0.25) is 19.2 Å². The summed E-state index contributed by atoms with van der Waals surface area (Å²) in [5.41, 5.74) is 0.430. The molecule has 2 N–H and O–H groups in total. The summed E-state index contributed by atoms with van der Waals surface area (Å²) < 4.78 is 5.23. The van der Waals surface area contributed by atoms with Gasteiger partial charge in [0.15, 0.2) is 0 Å². The third kappa shape index (κ3) is 7.55. The van der Waals surface area contributed by atoms with E-state index >= 15 is 0 Å². The number of hydrogen-bond acceptors (Lipinski definition) is 5. The van der Waals surface area contributed by atoms with E-state index in [1.807, 2.05) is 33.8 Å². The molecular formula is C28H40N4O5. The van der Waals surface area contributed by atoms with Crippen LogP contribution in [0.5, 0.6) is 5.75 Å². The van der Waals surface area contributed by atoms with Crippen molar-refractivity contribution in [3.63, 3.8) is 0 Å². The normalized spacial score (nSPS) is 12.2. The molecule has 0 aliphatic carbocycles. The van der Waals surface area contributed by atoms with E-state index in [4.69, 9.17) is 4.74 Å². The van der Waals surface area contributed by atoms with Crippen LogP contribution < -0.4 is 10.3 Å². The molecule has 0 spiro atoms. The molecule has 3 aromatic rings. The fourth-order valence-corrected chi connectivity index (χ4v) is 3.61. The summed E-state index contributed by atoms with van der Waals surface area (Å²) in [6.45, 7) is 13.4. The summed E-state index contributed by atoms with van der Waals surface area (Å²) in [5.74, 6) is -1.21. The van der Waals surface area contributed by atoms with Crippen molar-refractivity contribution in [1.29, 1.82) is 0 Å². The lowest BCUT2D eigenvalue weighted by Gasteiger charge is -2.34. The molecule has 1 fully saturated rings. The van der Waals surface area contributed by atoms with Crippen molar-refractivity contribution >= 4 is 28.5 Å². The van der Waals surface area contributed by atoms with Crippen LogP contribution in [0, 0.1) is 0 Å². The Labute approximate surface area is 218 Å². The largest absolute Gasteiger partial charge is 0.494 e. The highest BCUT2D eigenvalue weighted by atomic mass is 16.5. The van der Waals surface area contributed by atoms with E-state index in [9.17, 15) is 19.2 Å². The molecule has 1 aromatic carbocycles. The Hall–Kier alpha value is -3.88. The Bertz CT molecular complexity index is 1190. The molecule has 202 valence electrons. The number of ketones is 1. The van der Waals surface area contributed by atoms with Gasteiger partial charge in [0.2, 0.25) is 0 Å². The Morgan fingerprint density at radius 2 is 1.41 bits per heavy atom.